The van der Waals surface area contributed by atoms with E-state index in [9.17, 15) is 9.59 Å². The largest absolute Gasteiger partial charge is 0.464 e. The van der Waals surface area contributed by atoms with Crippen molar-refractivity contribution in [1.82, 2.24) is 0 Å². The van der Waals surface area contributed by atoms with Crippen LogP contribution < -0.4 is 5.73 Å². The van der Waals surface area contributed by atoms with Crippen molar-refractivity contribution >= 4 is 22.8 Å². The minimum absolute atomic E-state index is 0.0487. The number of aryl methyl sites for hydroxylation is 2. The van der Waals surface area contributed by atoms with Gasteiger partial charge in [0.2, 0.25) is 0 Å². The predicted octanol–water partition coefficient (Wildman–Crippen LogP) is 2.01. The second-order valence-electron chi connectivity index (χ2n) is 4.90. The summed E-state index contributed by atoms with van der Waals surface area (Å²) in [4.78, 5) is 22.6. The van der Waals surface area contributed by atoms with Crippen LogP contribution in [0.5, 0.6) is 0 Å². The first kappa shape index (κ1) is 14.1. The van der Waals surface area contributed by atoms with Gasteiger partial charge >= 0.3 is 5.97 Å². The lowest BCUT2D eigenvalue weighted by molar-refractivity contribution is -0.153. The molecule has 0 saturated carbocycles. The number of carbonyl (C=O) groups excluding carboxylic acids is 2. The zero-order chi connectivity index (χ0) is 14.9. The number of nitrogens with two attached hydrogens (primary N) is 1. The van der Waals surface area contributed by atoms with Crippen LogP contribution in [0, 0.1) is 13.8 Å². The first-order valence-electron chi connectivity index (χ1n) is 6.34. The highest BCUT2D eigenvalue weighted by molar-refractivity contribution is 5.88. The Morgan fingerprint density at radius 2 is 1.95 bits per heavy atom. The molecule has 0 bridgehead atoms. The molecule has 2 aromatic rings. The molecule has 0 radical (unpaired) electrons. The molecule has 2 rings (SSSR count). The fraction of sp³-hybridized carbons (Fsp3) is 0.333. The molecule has 5 heteroatoms. The van der Waals surface area contributed by atoms with Gasteiger partial charge in [-0.2, -0.15) is 0 Å². The number of amides is 1. The molecule has 5 nitrogen and oxygen atoms in total. The molecule has 1 aromatic carbocycles. The minimum Gasteiger partial charge on any atom is -0.464 e. The van der Waals surface area contributed by atoms with E-state index < -0.39 is 18.0 Å². The van der Waals surface area contributed by atoms with Gasteiger partial charge in [0, 0.05) is 10.9 Å². The zero-order valence-electron chi connectivity index (χ0n) is 11.7. The quantitative estimate of drug-likeness (QED) is 0.865. The van der Waals surface area contributed by atoms with Crippen molar-refractivity contribution in [1.29, 1.82) is 0 Å². The molecule has 1 amide bonds. The van der Waals surface area contributed by atoms with Crippen molar-refractivity contribution < 1.29 is 18.7 Å². The lowest BCUT2D eigenvalue weighted by atomic mass is 10.0. The van der Waals surface area contributed by atoms with E-state index >= 15 is 0 Å². The van der Waals surface area contributed by atoms with Gasteiger partial charge in [-0.3, -0.25) is 9.59 Å². The van der Waals surface area contributed by atoms with Gasteiger partial charge in [0.1, 0.15) is 5.58 Å². The normalized spacial score (nSPS) is 12.3. The van der Waals surface area contributed by atoms with E-state index in [0.717, 1.165) is 27.7 Å². The molecule has 0 unspecified atom stereocenters. The number of furan rings is 1. The van der Waals surface area contributed by atoms with E-state index in [0.29, 0.717) is 0 Å². The summed E-state index contributed by atoms with van der Waals surface area (Å²) in [5, 5.41) is 0.886. The van der Waals surface area contributed by atoms with Crippen molar-refractivity contribution in [2.45, 2.75) is 33.3 Å². The fourth-order valence-electron chi connectivity index (χ4n) is 1.93. The summed E-state index contributed by atoms with van der Waals surface area (Å²) in [5.41, 5.74) is 8.78. The predicted molar refractivity (Wildman–Crippen MR) is 74.1 cm³/mol. The Balaban J connectivity index is 2.20. The van der Waals surface area contributed by atoms with Crippen LogP contribution in [-0.4, -0.2) is 18.0 Å². The van der Waals surface area contributed by atoms with E-state index in [-0.39, 0.29) is 6.42 Å². The molecular weight excluding hydrogens is 258 g/mol. The van der Waals surface area contributed by atoms with Crippen LogP contribution in [0.1, 0.15) is 23.6 Å². The zero-order valence-corrected chi connectivity index (χ0v) is 11.7. The number of hydrogen-bond acceptors (Lipinski definition) is 4. The van der Waals surface area contributed by atoms with Crippen molar-refractivity contribution in [3.05, 3.63) is 35.1 Å². The molecule has 20 heavy (non-hydrogen) atoms. The number of rotatable bonds is 4. The Morgan fingerprint density at radius 1 is 1.30 bits per heavy atom. The summed E-state index contributed by atoms with van der Waals surface area (Å²) in [6.45, 7) is 5.44. The van der Waals surface area contributed by atoms with Crippen molar-refractivity contribution in [2.24, 2.45) is 5.73 Å². The van der Waals surface area contributed by atoms with Crippen LogP contribution >= 0.6 is 0 Å². The van der Waals surface area contributed by atoms with Crippen molar-refractivity contribution in [3.8, 4) is 0 Å². The SMILES string of the molecule is Cc1cc2occ(CC(=O)O[C@@H](C)C(N)=O)c2cc1C. The maximum Gasteiger partial charge on any atom is 0.311 e. The summed E-state index contributed by atoms with van der Waals surface area (Å²) in [6.07, 6.45) is 0.664. The molecule has 2 N–H and O–H groups in total. The van der Waals surface area contributed by atoms with Crippen LogP contribution in [0.2, 0.25) is 0 Å². The number of hydrogen-bond donors (Lipinski definition) is 1. The maximum atomic E-state index is 11.7. The lowest BCUT2D eigenvalue weighted by Crippen LogP contribution is -2.30. The Bertz CT molecular complexity index is 672. The summed E-state index contributed by atoms with van der Waals surface area (Å²) in [5.74, 6) is -1.17. The molecular formula is C15H17NO4. The number of fused-ring (bicyclic) bond motifs is 1. The standard InChI is InChI=1S/C15H17NO4/c1-8-4-12-11(7-19-13(12)5-9(8)2)6-14(17)20-10(3)15(16)18/h4-5,7,10H,6H2,1-3H3,(H2,16,18)/t10-/m0/s1. The maximum absolute atomic E-state index is 11.7. The molecule has 0 aliphatic heterocycles. The topological polar surface area (TPSA) is 82.5 Å². The average Bonchev–Trinajstić information content (AvgIpc) is 2.72. The van der Waals surface area contributed by atoms with Crippen LogP contribution in [0.25, 0.3) is 11.0 Å². The van der Waals surface area contributed by atoms with Gasteiger partial charge in [-0.25, -0.2) is 0 Å². The Hall–Kier alpha value is -2.30. The number of ether oxygens (including phenoxy) is 1. The third-order valence-electron chi connectivity index (χ3n) is 3.31. The molecule has 0 aliphatic carbocycles. The van der Waals surface area contributed by atoms with E-state index in [1.54, 1.807) is 6.26 Å². The minimum atomic E-state index is -0.926. The van der Waals surface area contributed by atoms with Gasteiger partial charge in [0.25, 0.3) is 5.91 Å². The highest BCUT2D eigenvalue weighted by atomic mass is 16.5. The fourth-order valence-corrected chi connectivity index (χ4v) is 1.93. The molecule has 1 aromatic heterocycles. The lowest BCUT2D eigenvalue weighted by Gasteiger charge is -2.08. The van der Waals surface area contributed by atoms with Crippen molar-refractivity contribution in [3.63, 3.8) is 0 Å². The Morgan fingerprint density at radius 3 is 2.60 bits per heavy atom. The Labute approximate surface area is 116 Å². The molecule has 0 aliphatic rings. The molecule has 0 saturated heterocycles. The number of carbonyl (C=O) groups is 2. The van der Waals surface area contributed by atoms with E-state index in [1.165, 1.54) is 6.92 Å². The van der Waals surface area contributed by atoms with Crippen LogP contribution in [-0.2, 0) is 20.7 Å². The van der Waals surface area contributed by atoms with E-state index in [4.69, 9.17) is 14.9 Å². The molecule has 1 atom stereocenters. The highest BCUT2D eigenvalue weighted by Gasteiger charge is 2.17. The summed E-state index contributed by atoms with van der Waals surface area (Å²) >= 11 is 0. The summed E-state index contributed by atoms with van der Waals surface area (Å²) in [7, 11) is 0. The number of esters is 1. The smallest absolute Gasteiger partial charge is 0.311 e. The van der Waals surface area contributed by atoms with Gasteiger partial charge in [-0.05, 0) is 44.0 Å². The van der Waals surface area contributed by atoms with Crippen LogP contribution in [0.4, 0.5) is 0 Å². The third kappa shape index (κ3) is 2.82. The van der Waals surface area contributed by atoms with Crippen molar-refractivity contribution in [2.75, 3.05) is 0 Å². The van der Waals surface area contributed by atoms with Gasteiger partial charge in [-0.1, -0.05) is 0 Å². The third-order valence-corrected chi connectivity index (χ3v) is 3.31. The highest BCUT2D eigenvalue weighted by Crippen LogP contribution is 2.25. The average molecular weight is 275 g/mol. The van der Waals surface area contributed by atoms with Gasteiger partial charge in [0.05, 0.1) is 12.7 Å². The number of benzene rings is 1. The first-order chi connectivity index (χ1) is 9.38. The summed E-state index contributed by atoms with van der Waals surface area (Å²) in [6, 6.07) is 3.92. The second kappa shape index (κ2) is 5.36. The number of primary amides is 1. The Kier molecular flexibility index (Phi) is 3.79. The molecule has 0 spiro atoms. The van der Waals surface area contributed by atoms with Gasteiger partial charge in [0.15, 0.2) is 6.10 Å². The second-order valence-corrected chi connectivity index (χ2v) is 4.90. The first-order valence-corrected chi connectivity index (χ1v) is 6.34. The van der Waals surface area contributed by atoms with E-state index in [1.807, 2.05) is 26.0 Å². The summed E-state index contributed by atoms with van der Waals surface area (Å²) < 4.78 is 10.4. The monoisotopic (exact) mass is 275 g/mol. The molecule has 106 valence electrons. The van der Waals surface area contributed by atoms with Crippen LogP contribution in [0.15, 0.2) is 22.8 Å². The molecule has 1 heterocycles. The van der Waals surface area contributed by atoms with E-state index in [2.05, 4.69) is 0 Å². The van der Waals surface area contributed by atoms with Gasteiger partial charge in [-0.15, -0.1) is 0 Å². The van der Waals surface area contributed by atoms with Crippen LogP contribution in [0.3, 0.4) is 0 Å². The van der Waals surface area contributed by atoms with Gasteiger partial charge < -0.3 is 14.9 Å². The molecule has 0 fully saturated rings.